The topological polar surface area (TPSA) is 78.9 Å². The molecule has 214 valence electrons. The van der Waals surface area contributed by atoms with Crippen LogP contribution >= 0.6 is 0 Å². The van der Waals surface area contributed by atoms with Gasteiger partial charge in [0.2, 0.25) is 5.75 Å². The van der Waals surface area contributed by atoms with E-state index in [2.05, 4.69) is 4.90 Å². The largest absolute Gasteiger partial charge is 0.496 e. The standard InChI is InChI=1S/C31H38N2O7/c1-35-25-10-8-7-9-24(25)31(34)33(23-12-14-26(36-2)28(19-23)38-4)22-15-17-32(18-16-22)20-21-11-13-27(37-3)30(40-6)29(21)39-5/h7-14,19,22H,15-18,20H2,1-6H3. The second kappa shape index (κ2) is 13.3. The molecular formula is C31H38N2O7. The lowest BCUT2D eigenvalue weighted by Gasteiger charge is -2.39. The number of carbonyl (C=O) groups is 1. The summed E-state index contributed by atoms with van der Waals surface area (Å²) < 4.78 is 33.2. The van der Waals surface area contributed by atoms with E-state index >= 15 is 0 Å². The summed E-state index contributed by atoms with van der Waals surface area (Å²) >= 11 is 0. The van der Waals surface area contributed by atoms with Gasteiger partial charge in [-0.05, 0) is 43.2 Å². The summed E-state index contributed by atoms with van der Waals surface area (Å²) in [6, 6.07) is 16.8. The minimum absolute atomic E-state index is 0.0286. The SMILES string of the molecule is COc1ccc(N(C(=O)c2ccccc2OC)C2CCN(Cc3ccc(OC)c(OC)c3OC)CC2)cc1OC. The molecule has 3 aromatic carbocycles. The van der Waals surface area contributed by atoms with E-state index in [1.165, 1.54) is 0 Å². The number of ether oxygens (including phenoxy) is 6. The summed E-state index contributed by atoms with van der Waals surface area (Å²) in [4.78, 5) is 18.3. The van der Waals surface area contributed by atoms with Crippen molar-refractivity contribution in [3.05, 3.63) is 65.7 Å². The van der Waals surface area contributed by atoms with Crippen molar-refractivity contribution in [2.24, 2.45) is 0 Å². The van der Waals surface area contributed by atoms with Gasteiger partial charge in [0.25, 0.3) is 5.91 Å². The molecule has 40 heavy (non-hydrogen) atoms. The predicted octanol–water partition coefficient (Wildman–Crippen LogP) is 5.05. The van der Waals surface area contributed by atoms with Crippen LogP contribution in [0, 0.1) is 0 Å². The highest BCUT2D eigenvalue weighted by atomic mass is 16.5. The van der Waals surface area contributed by atoms with E-state index in [1.807, 2.05) is 47.4 Å². The molecule has 0 saturated carbocycles. The zero-order valence-electron chi connectivity index (χ0n) is 24.1. The van der Waals surface area contributed by atoms with Crippen molar-refractivity contribution in [1.29, 1.82) is 0 Å². The molecule has 1 heterocycles. The normalized spacial score (nSPS) is 13.8. The average molecular weight is 551 g/mol. The van der Waals surface area contributed by atoms with Crippen molar-refractivity contribution in [1.82, 2.24) is 4.90 Å². The lowest BCUT2D eigenvalue weighted by molar-refractivity contribution is 0.0955. The number of piperidine rings is 1. The maximum absolute atomic E-state index is 14.1. The number of benzene rings is 3. The van der Waals surface area contributed by atoms with Crippen LogP contribution in [0.25, 0.3) is 0 Å². The van der Waals surface area contributed by atoms with Crippen LogP contribution in [0.5, 0.6) is 34.5 Å². The van der Waals surface area contributed by atoms with Gasteiger partial charge >= 0.3 is 0 Å². The van der Waals surface area contributed by atoms with Gasteiger partial charge in [-0.15, -0.1) is 0 Å². The third-order valence-corrected chi connectivity index (χ3v) is 7.30. The molecule has 4 rings (SSSR count). The minimum Gasteiger partial charge on any atom is -0.496 e. The monoisotopic (exact) mass is 550 g/mol. The van der Waals surface area contributed by atoms with Crippen molar-refractivity contribution in [3.63, 3.8) is 0 Å². The number of anilines is 1. The first-order chi connectivity index (χ1) is 19.5. The number of amides is 1. The second-order valence-electron chi connectivity index (χ2n) is 9.42. The predicted molar refractivity (Wildman–Crippen MR) is 154 cm³/mol. The van der Waals surface area contributed by atoms with Gasteiger partial charge in [0.15, 0.2) is 23.0 Å². The number of hydrogen-bond acceptors (Lipinski definition) is 8. The maximum Gasteiger partial charge on any atom is 0.262 e. The van der Waals surface area contributed by atoms with Crippen molar-refractivity contribution in [2.45, 2.75) is 25.4 Å². The summed E-state index contributed by atoms with van der Waals surface area (Å²) in [5.74, 6) is 3.47. The Bertz CT molecular complexity index is 1300. The maximum atomic E-state index is 14.1. The van der Waals surface area contributed by atoms with Gasteiger partial charge in [-0.3, -0.25) is 9.69 Å². The van der Waals surface area contributed by atoms with E-state index in [4.69, 9.17) is 28.4 Å². The van der Waals surface area contributed by atoms with Crippen LogP contribution in [-0.2, 0) is 6.54 Å². The van der Waals surface area contributed by atoms with E-state index < -0.39 is 0 Å². The molecule has 1 saturated heterocycles. The number of para-hydroxylation sites is 1. The van der Waals surface area contributed by atoms with Crippen LogP contribution in [0.15, 0.2) is 54.6 Å². The first kappa shape index (κ1) is 28.9. The van der Waals surface area contributed by atoms with Gasteiger partial charge in [-0.2, -0.15) is 0 Å². The highest BCUT2D eigenvalue weighted by Crippen LogP contribution is 2.41. The van der Waals surface area contributed by atoms with Crippen LogP contribution in [-0.4, -0.2) is 72.6 Å². The molecule has 0 aliphatic carbocycles. The van der Waals surface area contributed by atoms with E-state index in [0.717, 1.165) is 37.2 Å². The lowest BCUT2D eigenvalue weighted by atomic mass is 9.99. The first-order valence-electron chi connectivity index (χ1n) is 13.2. The van der Waals surface area contributed by atoms with Gasteiger partial charge in [0, 0.05) is 43.0 Å². The molecular weight excluding hydrogens is 512 g/mol. The molecule has 0 radical (unpaired) electrons. The Morgan fingerprint density at radius 1 is 0.725 bits per heavy atom. The van der Waals surface area contributed by atoms with Crippen molar-refractivity contribution >= 4 is 11.6 Å². The van der Waals surface area contributed by atoms with Crippen LogP contribution in [0.2, 0.25) is 0 Å². The van der Waals surface area contributed by atoms with Crippen molar-refractivity contribution in [3.8, 4) is 34.5 Å². The summed E-state index contributed by atoms with van der Waals surface area (Å²) in [7, 11) is 9.62. The van der Waals surface area contributed by atoms with Gasteiger partial charge < -0.3 is 33.3 Å². The number of rotatable bonds is 11. The Morgan fingerprint density at radius 3 is 1.98 bits per heavy atom. The molecule has 1 fully saturated rings. The fourth-order valence-electron chi connectivity index (χ4n) is 5.28. The summed E-state index contributed by atoms with van der Waals surface area (Å²) in [5, 5.41) is 0. The molecule has 0 unspecified atom stereocenters. The third kappa shape index (κ3) is 5.89. The van der Waals surface area contributed by atoms with E-state index in [1.54, 1.807) is 54.8 Å². The molecule has 0 bridgehead atoms. The van der Waals surface area contributed by atoms with E-state index in [0.29, 0.717) is 46.6 Å². The van der Waals surface area contributed by atoms with Gasteiger partial charge in [0.05, 0.1) is 48.2 Å². The van der Waals surface area contributed by atoms with Crippen LogP contribution < -0.4 is 33.3 Å². The zero-order valence-corrected chi connectivity index (χ0v) is 24.1. The quantitative estimate of drug-likeness (QED) is 0.328. The number of likely N-dealkylation sites (tertiary alicyclic amines) is 1. The molecule has 0 aromatic heterocycles. The molecule has 1 aliphatic rings. The summed E-state index contributed by atoms with van der Waals surface area (Å²) in [6.07, 6.45) is 1.57. The highest BCUT2D eigenvalue weighted by molar-refractivity contribution is 6.08. The number of methoxy groups -OCH3 is 6. The summed E-state index contributed by atoms with van der Waals surface area (Å²) in [6.45, 7) is 2.28. The Kier molecular flexibility index (Phi) is 9.60. The number of carbonyl (C=O) groups excluding carboxylic acids is 1. The molecule has 0 N–H and O–H groups in total. The fourth-order valence-corrected chi connectivity index (χ4v) is 5.28. The van der Waals surface area contributed by atoms with Gasteiger partial charge in [-0.1, -0.05) is 18.2 Å². The molecule has 9 nitrogen and oxygen atoms in total. The molecule has 1 amide bonds. The van der Waals surface area contributed by atoms with Gasteiger partial charge in [0.1, 0.15) is 5.75 Å². The van der Waals surface area contributed by atoms with Crippen molar-refractivity contribution < 1.29 is 33.2 Å². The molecule has 9 heteroatoms. The highest BCUT2D eigenvalue weighted by Gasteiger charge is 2.32. The van der Waals surface area contributed by atoms with E-state index in [-0.39, 0.29) is 11.9 Å². The van der Waals surface area contributed by atoms with Crippen LogP contribution in [0.1, 0.15) is 28.8 Å². The third-order valence-electron chi connectivity index (χ3n) is 7.30. The molecule has 1 aliphatic heterocycles. The Hall–Kier alpha value is -4.11. The molecule has 0 spiro atoms. The lowest BCUT2D eigenvalue weighted by Crippen LogP contribution is -2.47. The zero-order chi connectivity index (χ0) is 28.6. The number of nitrogens with zero attached hydrogens (tertiary/aromatic N) is 2. The average Bonchev–Trinajstić information content (AvgIpc) is 3.01. The Balaban J connectivity index is 1.60. The molecule has 3 aromatic rings. The van der Waals surface area contributed by atoms with Crippen molar-refractivity contribution in [2.75, 3.05) is 60.6 Å². The smallest absolute Gasteiger partial charge is 0.262 e. The fraction of sp³-hybridized carbons (Fsp3) is 0.387. The second-order valence-corrected chi connectivity index (χ2v) is 9.42. The first-order valence-corrected chi connectivity index (χ1v) is 13.2. The number of hydrogen-bond donors (Lipinski definition) is 0. The molecule has 0 atom stereocenters. The van der Waals surface area contributed by atoms with Crippen LogP contribution in [0.4, 0.5) is 5.69 Å². The Morgan fingerprint density at radius 2 is 1.35 bits per heavy atom. The minimum atomic E-state index is -0.121. The van der Waals surface area contributed by atoms with E-state index in [9.17, 15) is 4.79 Å². The van der Waals surface area contributed by atoms with Gasteiger partial charge in [-0.25, -0.2) is 0 Å². The van der Waals surface area contributed by atoms with Crippen LogP contribution in [0.3, 0.4) is 0 Å². The summed E-state index contributed by atoms with van der Waals surface area (Å²) in [5.41, 5.74) is 2.27. The Labute approximate surface area is 236 Å².